The van der Waals surface area contributed by atoms with E-state index in [9.17, 15) is 0 Å². The number of rotatable bonds is 30. The van der Waals surface area contributed by atoms with Crippen molar-refractivity contribution in [2.24, 2.45) is 0 Å². The molecular weight excluding hydrogens is 1070 g/mol. The van der Waals surface area contributed by atoms with E-state index in [1.54, 1.807) is 24.3 Å². The minimum Gasteiger partial charge on any atom is -0.494 e. The van der Waals surface area contributed by atoms with Crippen molar-refractivity contribution in [2.45, 2.75) is 96.8 Å². The van der Waals surface area contributed by atoms with Crippen LogP contribution in [0, 0.1) is 0 Å². The summed E-state index contributed by atoms with van der Waals surface area (Å²) in [5.41, 5.74) is -1.86. The lowest BCUT2D eigenvalue weighted by atomic mass is 9.73. The first-order valence-corrected chi connectivity index (χ1v) is 28.2. The average molecular weight is 1140 g/mol. The third-order valence-electron chi connectivity index (χ3n) is 13.5. The Morgan fingerprint density at radius 3 is 0.843 bits per heavy atom. The molecule has 0 fully saturated rings. The number of unbranched alkanes of at least 4 members (excludes halogenated alkanes) is 4. The lowest BCUT2D eigenvalue weighted by Gasteiger charge is -2.38. The van der Waals surface area contributed by atoms with Crippen molar-refractivity contribution >= 4 is 45.5 Å². The van der Waals surface area contributed by atoms with Crippen molar-refractivity contribution in [1.82, 2.24) is 0 Å². The van der Waals surface area contributed by atoms with Crippen LogP contribution in [0.1, 0.15) is 90.2 Å². The summed E-state index contributed by atoms with van der Waals surface area (Å²) < 4.78 is 130. The van der Waals surface area contributed by atoms with Crippen molar-refractivity contribution in [1.29, 1.82) is 0 Å². The van der Waals surface area contributed by atoms with Gasteiger partial charge in [0.1, 0.15) is 45.9 Å². The van der Waals surface area contributed by atoms with Crippen molar-refractivity contribution in [3.63, 3.8) is 0 Å². The van der Waals surface area contributed by atoms with Crippen LogP contribution < -0.4 is 49.7 Å². The van der Waals surface area contributed by atoms with Gasteiger partial charge in [-0.05, 0) is 182 Å². The van der Waals surface area contributed by atoms with Gasteiger partial charge < -0.3 is 49.7 Å². The zero-order chi connectivity index (χ0) is 58.7. The number of ether oxygens (including phenoxy) is 6. The molecule has 0 bridgehead atoms. The molecule has 8 rings (SSSR count). The number of nitrogens with one attached hydrogen (secondary N) is 4. The lowest BCUT2D eigenvalue weighted by Crippen LogP contribution is -2.54. The van der Waals surface area contributed by atoms with Crippen molar-refractivity contribution < 1.29 is 54.8 Å². The Hall–Kier alpha value is -8.66. The Labute approximate surface area is 482 Å². The summed E-state index contributed by atoms with van der Waals surface area (Å²) in [5, 5.41) is 13.6. The van der Waals surface area contributed by atoms with Gasteiger partial charge >= 0.3 is 12.4 Å². The summed E-state index contributed by atoms with van der Waals surface area (Å²) in [7, 11) is 0. The SMILES string of the molecule is CCCCOc1ccc(Nc2cccc(Oc3ccc(C(c4ccc(Oc5cccc(Nc6ccc(OCCCC)cc6)c5Nc5ccc(OCCCC)cc5)cc4)(C(F)(F)F)C(F)(F)F)cc3)c2Nc2ccc(OCCCC)cc2)cc1. The number of para-hydroxylation sites is 2. The monoisotopic (exact) mass is 1140 g/mol. The molecule has 0 heterocycles. The molecule has 0 aromatic heterocycles. The fraction of sp³-hybridized carbons (Fsp3) is 0.284. The van der Waals surface area contributed by atoms with E-state index in [-0.39, 0.29) is 23.0 Å². The number of anilines is 8. The van der Waals surface area contributed by atoms with E-state index in [0.29, 0.717) is 94.9 Å². The molecular formula is C67H70F6N4O6. The Bertz CT molecular complexity index is 3030. The standard InChI is InChI=1S/C67H70F6N4O6/c1-5-9-43-78-53-35-23-49(24-36-53)74-59-15-13-17-61(63(59)76-51-27-39-55(40-28-51)80-45-11-7-3)82-57-31-19-47(20-32-57)65(66(68,69)70,67(71,72)73)48-21-33-58(34-22-48)83-62-18-14-16-60(75-50-25-37-54(38-26-50)79-44-10-6-2)64(62)77-52-29-41-56(42-30-52)81-46-12-8-4/h13-42,74-77H,5-12,43-46H2,1-4H3. The Balaban J connectivity index is 1.08. The highest BCUT2D eigenvalue weighted by atomic mass is 19.4. The molecule has 83 heavy (non-hydrogen) atoms. The molecule has 0 amide bonds. The van der Waals surface area contributed by atoms with Crippen LogP contribution in [-0.2, 0) is 5.41 Å². The molecule has 10 nitrogen and oxygen atoms in total. The fourth-order valence-electron chi connectivity index (χ4n) is 8.96. The Kier molecular flexibility index (Phi) is 21.0. The maximum Gasteiger partial charge on any atom is 0.411 e. The van der Waals surface area contributed by atoms with Gasteiger partial charge in [-0.1, -0.05) is 89.8 Å². The summed E-state index contributed by atoms with van der Waals surface area (Å²) in [4.78, 5) is 0. The molecule has 8 aromatic carbocycles. The molecule has 0 atom stereocenters. The van der Waals surface area contributed by atoms with E-state index in [1.165, 1.54) is 0 Å². The zero-order valence-electron chi connectivity index (χ0n) is 47.0. The minimum atomic E-state index is -5.86. The third-order valence-corrected chi connectivity index (χ3v) is 13.5. The average Bonchev–Trinajstić information content (AvgIpc) is 3.51. The second-order valence-corrected chi connectivity index (χ2v) is 19.8. The molecule has 436 valence electrons. The predicted molar refractivity (Wildman–Crippen MR) is 319 cm³/mol. The molecule has 0 unspecified atom stereocenters. The van der Waals surface area contributed by atoms with Crippen LogP contribution in [0.5, 0.6) is 46.0 Å². The number of benzene rings is 8. The summed E-state index contributed by atoms with van der Waals surface area (Å²) in [5.74, 6) is 3.20. The fourth-order valence-corrected chi connectivity index (χ4v) is 8.96. The maximum absolute atomic E-state index is 15.6. The van der Waals surface area contributed by atoms with E-state index in [4.69, 9.17) is 28.4 Å². The highest BCUT2D eigenvalue weighted by Gasteiger charge is 2.72. The largest absolute Gasteiger partial charge is 0.494 e. The van der Waals surface area contributed by atoms with Gasteiger partial charge in [0, 0.05) is 22.7 Å². The van der Waals surface area contributed by atoms with Gasteiger partial charge in [-0.15, -0.1) is 0 Å². The first kappa shape index (κ1) is 60.4. The van der Waals surface area contributed by atoms with Gasteiger partial charge in [0.05, 0.1) is 37.8 Å². The maximum atomic E-state index is 15.6. The van der Waals surface area contributed by atoms with Crippen LogP contribution in [0.4, 0.5) is 71.8 Å². The van der Waals surface area contributed by atoms with Crippen LogP contribution in [0.3, 0.4) is 0 Å². The summed E-state index contributed by atoms with van der Waals surface area (Å²) in [6.45, 7) is 10.6. The molecule has 0 saturated heterocycles. The molecule has 16 heteroatoms. The molecule has 4 N–H and O–H groups in total. The van der Waals surface area contributed by atoms with Gasteiger partial charge in [0.2, 0.25) is 5.41 Å². The molecule has 0 spiro atoms. The van der Waals surface area contributed by atoms with Crippen LogP contribution in [-0.4, -0.2) is 38.8 Å². The zero-order valence-corrected chi connectivity index (χ0v) is 47.0. The quantitative estimate of drug-likeness (QED) is 0.0257. The second-order valence-electron chi connectivity index (χ2n) is 19.8. The topological polar surface area (TPSA) is 104 Å². The first-order valence-electron chi connectivity index (χ1n) is 28.2. The van der Waals surface area contributed by atoms with E-state index in [1.807, 2.05) is 109 Å². The van der Waals surface area contributed by atoms with Gasteiger partial charge in [0.25, 0.3) is 0 Å². The van der Waals surface area contributed by atoms with Crippen LogP contribution in [0.2, 0.25) is 0 Å². The summed E-state index contributed by atoms with van der Waals surface area (Å²) in [6, 6.07) is 47.4. The lowest BCUT2D eigenvalue weighted by molar-refractivity contribution is -0.288. The highest BCUT2D eigenvalue weighted by Crippen LogP contribution is 2.57. The van der Waals surface area contributed by atoms with Crippen molar-refractivity contribution in [2.75, 3.05) is 47.7 Å². The Morgan fingerprint density at radius 2 is 0.578 bits per heavy atom. The molecule has 8 aromatic rings. The molecule has 0 aliphatic rings. The number of hydrogen-bond acceptors (Lipinski definition) is 10. The molecule has 0 aliphatic carbocycles. The summed E-state index contributed by atoms with van der Waals surface area (Å²) >= 11 is 0. The predicted octanol–water partition coefficient (Wildman–Crippen LogP) is 20.4. The van der Waals surface area contributed by atoms with E-state index < -0.39 is 28.9 Å². The first-order chi connectivity index (χ1) is 40.2. The van der Waals surface area contributed by atoms with Gasteiger partial charge in [-0.25, -0.2) is 0 Å². The van der Waals surface area contributed by atoms with Gasteiger partial charge in [0.15, 0.2) is 11.5 Å². The molecule has 0 radical (unpaired) electrons. The smallest absolute Gasteiger partial charge is 0.411 e. The number of hydrogen-bond donors (Lipinski definition) is 4. The normalized spacial score (nSPS) is 11.6. The highest BCUT2D eigenvalue weighted by molar-refractivity contribution is 5.85. The molecule has 0 aliphatic heterocycles. The molecule has 0 saturated carbocycles. The minimum absolute atomic E-state index is 0.0185. The summed E-state index contributed by atoms with van der Waals surface area (Å²) in [6.07, 6.45) is -4.13. The van der Waals surface area contributed by atoms with E-state index in [0.717, 1.165) is 99.9 Å². The number of halogens is 6. The number of alkyl halides is 6. The Morgan fingerprint density at radius 1 is 0.313 bits per heavy atom. The van der Waals surface area contributed by atoms with Crippen molar-refractivity contribution in [3.8, 4) is 46.0 Å². The van der Waals surface area contributed by atoms with Crippen LogP contribution in [0.25, 0.3) is 0 Å². The third kappa shape index (κ3) is 15.9. The van der Waals surface area contributed by atoms with Crippen molar-refractivity contribution in [3.05, 3.63) is 193 Å². The van der Waals surface area contributed by atoms with Crippen LogP contribution in [0.15, 0.2) is 182 Å². The van der Waals surface area contributed by atoms with Gasteiger partial charge in [-0.3, -0.25) is 0 Å². The van der Waals surface area contributed by atoms with Gasteiger partial charge in [-0.2, -0.15) is 26.3 Å². The van der Waals surface area contributed by atoms with Crippen LogP contribution >= 0.6 is 0 Å². The van der Waals surface area contributed by atoms with E-state index in [2.05, 4.69) is 49.0 Å². The van der Waals surface area contributed by atoms with E-state index >= 15 is 26.3 Å². The second kappa shape index (κ2) is 28.8.